The van der Waals surface area contributed by atoms with Crippen molar-refractivity contribution in [2.24, 2.45) is 0 Å². The Morgan fingerprint density at radius 3 is 2.73 bits per heavy atom. The maximum Gasteiger partial charge on any atom is 0.459 e. The van der Waals surface area contributed by atoms with E-state index in [0.717, 1.165) is 6.92 Å². The van der Waals surface area contributed by atoms with Gasteiger partial charge in [0.05, 0.1) is 12.7 Å². The first-order chi connectivity index (χ1) is 17.4. The highest BCUT2D eigenvalue weighted by atomic mass is 31.2. The summed E-state index contributed by atoms with van der Waals surface area (Å²) in [7, 11) is -4.26. The Kier molecular flexibility index (Phi) is 9.68. The van der Waals surface area contributed by atoms with Crippen molar-refractivity contribution in [3.8, 4) is 5.75 Å². The van der Waals surface area contributed by atoms with Crippen molar-refractivity contribution in [2.75, 3.05) is 20.1 Å². The zero-order valence-corrected chi connectivity index (χ0v) is 21.9. The Morgan fingerprint density at radius 2 is 2.05 bits per heavy atom. The van der Waals surface area contributed by atoms with Crippen LogP contribution in [0.15, 0.2) is 42.6 Å². The molecule has 6 atom stereocenters. The van der Waals surface area contributed by atoms with E-state index >= 15 is 4.39 Å². The number of para-hydroxylation sites is 1. The van der Waals surface area contributed by atoms with Crippen LogP contribution in [0.5, 0.6) is 5.75 Å². The summed E-state index contributed by atoms with van der Waals surface area (Å²) >= 11 is 0. The molecule has 206 valence electrons. The quantitative estimate of drug-likeness (QED) is 0.292. The number of hydrogen-bond donors (Lipinski definition) is 3. The van der Waals surface area contributed by atoms with Gasteiger partial charge in [-0.1, -0.05) is 18.2 Å². The molecule has 6 unspecified atom stereocenters. The molecule has 2 heterocycles. The highest BCUT2D eigenvalue weighted by molar-refractivity contribution is 7.52. The highest BCUT2D eigenvalue weighted by Gasteiger charge is 2.56. The van der Waals surface area contributed by atoms with Gasteiger partial charge in [0.1, 0.15) is 37.5 Å². The van der Waals surface area contributed by atoms with E-state index in [4.69, 9.17) is 23.3 Å². The predicted molar refractivity (Wildman–Crippen MR) is 129 cm³/mol. The molecule has 2 aliphatic rings. The number of nitrogens with one attached hydrogen (secondary N) is 2. The van der Waals surface area contributed by atoms with Gasteiger partial charge in [-0.25, -0.2) is 8.96 Å². The van der Waals surface area contributed by atoms with Gasteiger partial charge in [0.2, 0.25) is 5.91 Å². The van der Waals surface area contributed by atoms with Gasteiger partial charge >= 0.3 is 13.7 Å². The van der Waals surface area contributed by atoms with E-state index in [1.165, 1.54) is 36.2 Å². The van der Waals surface area contributed by atoms with E-state index < -0.39 is 62.5 Å². The Balaban J connectivity index is 1.75. The lowest BCUT2D eigenvalue weighted by Gasteiger charge is -2.33. The molecule has 1 aromatic carbocycles. The Morgan fingerprint density at radius 1 is 1.35 bits per heavy atom. The van der Waals surface area contributed by atoms with Crippen molar-refractivity contribution < 1.29 is 46.9 Å². The number of amides is 1. The molecule has 14 heteroatoms. The van der Waals surface area contributed by atoms with Crippen LogP contribution >= 0.6 is 7.75 Å². The van der Waals surface area contributed by atoms with Crippen molar-refractivity contribution >= 4 is 19.6 Å². The van der Waals surface area contributed by atoms with Crippen molar-refractivity contribution in [3.63, 3.8) is 0 Å². The number of benzene rings is 1. The first kappa shape index (κ1) is 29.0. The third-order valence-electron chi connectivity index (χ3n) is 5.46. The maximum atomic E-state index is 15.6. The lowest BCUT2D eigenvalue weighted by atomic mass is 9.98. The summed E-state index contributed by atoms with van der Waals surface area (Å²) < 4.78 is 56.5. The Labute approximate surface area is 214 Å². The first-order valence-electron chi connectivity index (χ1n) is 11.7. The average molecular weight is 546 g/mol. The second kappa shape index (κ2) is 12.3. The number of esters is 1. The van der Waals surface area contributed by atoms with Gasteiger partial charge in [-0.3, -0.25) is 14.1 Å². The number of halogens is 1. The van der Waals surface area contributed by atoms with E-state index in [0.29, 0.717) is 0 Å². The fourth-order valence-corrected chi connectivity index (χ4v) is 5.11. The topological polar surface area (TPSA) is 145 Å². The normalized spacial score (nSPS) is 28.7. The van der Waals surface area contributed by atoms with Gasteiger partial charge in [0, 0.05) is 12.3 Å². The number of carbonyl (C=O) groups is 2. The molecule has 0 spiro atoms. The van der Waals surface area contributed by atoms with Crippen LogP contribution in [0, 0.1) is 0 Å². The van der Waals surface area contributed by atoms with E-state index in [-0.39, 0.29) is 19.2 Å². The highest BCUT2D eigenvalue weighted by Crippen LogP contribution is 2.46. The molecule has 1 saturated heterocycles. The van der Waals surface area contributed by atoms with E-state index in [1.54, 1.807) is 32.0 Å². The summed E-state index contributed by atoms with van der Waals surface area (Å²) in [6.45, 7) is 5.12. The molecule has 3 rings (SSSR count). The maximum absolute atomic E-state index is 15.6. The number of carbonyl (C=O) groups excluding carboxylic acids is 2. The number of aliphatic hydroxyl groups excluding tert-OH is 1. The zero-order valence-electron chi connectivity index (χ0n) is 21.0. The van der Waals surface area contributed by atoms with Crippen LogP contribution in [0.4, 0.5) is 4.39 Å². The van der Waals surface area contributed by atoms with Crippen molar-refractivity contribution in [1.29, 1.82) is 0 Å². The fourth-order valence-electron chi connectivity index (χ4n) is 3.61. The molecule has 3 N–H and O–H groups in total. The summed E-state index contributed by atoms with van der Waals surface area (Å²) in [5.41, 5.74) is -2.32. The van der Waals surface area contributed by atoms with Crippen molar-refractivity contribution in [3.05, 3.63) is 42.6 Å². The fraction of sp³-hybridized carbons (Fsp3) is 0.565. The van der Waals surface area contributed by atoms with E-state index in [9.17, 15) is 19.3 Å². The van der Waals surface area contributed by atoms with Gasteiger partial charge in [-0.15, -0.1) is 0 Å². The number of nitrogens with zero attached hydrogens (tertiary/aromatic N) is 1. The molecule has 1 fully saturated rings. The monoisotopic (exact) mass is 545 g/mol. The molecule has 1 aromatic rings. The van der Waals surface area contributed by atoms with Gasteiger partial charge in [-0.2, -0.15) is 5.09 Å². The summed E-state index contributed by atoms with van der Waals surface area (Å²) in [5.74, 6) is -0.944. The van der Waals surface area contributed by atoms with Gasteiger partial charge in [0.25, 0.3) is 0 Å². The molecule has 0 radical (unpaired) electrons. The number of alkyl halides is 1. The molecule has 0 bridgehead atoms. The number of aliphatic hydroxyl groups is 1. The molecule has 37 heavy (non-hydrogen) atoms. The van der Waals surface area contributed by atoms with E-state index in [1.807, 2.05) is 0 Å². The second-order valence-corrected chi connectivity index (χ2v) is 10.7. The predicted octanol–water partition coefficient (Wildman–Crippen LogP) is 1.81. The molecule has 0 aliphatic carbocycles. The Hall–Kier alpha value is -2.54. The van der Waals surface area contributed by atoms with Crippen molar-refractivity contribution in [1.82, 2.24) is 15.3 Å². The zero-order chi connectivity index (χ0) is 27.2. The van der Waals surface area contributed by atoms with Crippen LogP contribution < -0.4 is 14.9 Å². The molecule has 12 nitrogen and oxygen atoms in total. The number of hydrogen-bond acceptors (Lipinski definition) is 10. The Bertz CT molecular complexity index is 1010. The van der Waals surface area contributed by atoms with Crippen LogP contribution in [-0.2, 0) is 32.9 Å². The van der Waals surface area contributed by atoms with Gasteiger partial charge in [0.15, 0.2) is 11.9 Å². The minimum Gasteiger partial charge on any atom is -0.462 e. The minimum atomic E-state index is -4.26. The lowest BCUT2D eigenvalue weighted by Crippen LogP contribution is -2.49. The van der Waals surface area contributed by atoms with E-state index in [2.05, 4.69) is 10.4 Å². The molecule has 0 aromatic heterocycles. The average Bonchev–Trinajstić information content (AvgIpc) is 3.04. The van der Waals surface area contributed by atoms with Crippen LogP contribution in [0.25, 0.3) is 0 Å². The lowest BCUT2D eigenvalue weighted by molar-refractivity contribution is -0.149. The van der Waals surface area contributed by atoms with Crippen LogP contribution in [-0.4, -0.2) is 78.2 Å². The third-order valence-corrected chi connectivity index (χ3v) is 7.10. The summed E-state index contributed by atoms with van der Waals surface area (Å²) in [5, 5.41) is 15.7. The minimum absolute atomic E-state index is 0.0897. The smallest absolute Gasteiger partial charge is 0.459 e. The summed E-state index contributed by atoms with van der Waals surface area (Å²) in [6, 6.07) is 7.02. The first-order valence-corrected chi connectivity index (χ1v) is 13.2. The van der Waals surface area contributed by atoms with Crippen LogP contribution in [0.3, 0.4) is 0 Å². The number of ether oxygens (including phenoxy) is 3. The molecular weight excluding hydrogens is 512 g/mol. The summed E-state index contributed by atoms with van der Waals surface area (Å²) in [6.07, 6.45) is -2.25. The standard InChI is InChI=1S/C23H33FN3O9P/c1-15(2)34-21(30)16(3)26-37(31,36-17-8-6-5-7-9-17)33-12-18-20(29)23(4,24)22(35-18)27-11-10-19(28)25-13-32-14-27/h5-11,15-16,18,20,22,29H,12-14H2,1-4H3,(H,25,28)(H,26,31). The van der Waals surface area contributed by atoms with Crippen LogP contribution in [0.2, 0.25) is 0 Å². The van der Waals surface area contributed by atoms with Crippen LogP contribution in [0.1, 0.15) is 27.7 Å². The molecule has 0 saturated carbocycles. The molecular formula is C23H33FN3O9P. The third kappa shape index (κ3) is 7.73. The van der Waals surface area contributed by atoms with Gasteiger partial charge < -0.3 is 34.1 Å². The second-order valence-electron chi connectivity index (χ2n) is 9.01. The largest absolute Gasteiger partial charge is 0.462 e. The molecule has 1 amide bonds. The number of rotatable bonds is 10. The SMILES string of the molecule is CC(C)OC(=O)C(C)NP(=O)(OCC1OC(N2C=CC(=O)NCOC2)C(C)(F)C1O)Oc1ccccc1. The summed E-state index contributed by atoms with van der Waals surface area (Å²) in [4.78, 5) is 25.2. The van der Waals surface area contributed by atoms with Crippen molar-refractivity contribution in [2.45, 2.75) is 63.9 Å². The molecule has 2 aliphatic heterocycles. The van der Waals surface area contributed by atoms with Gasteiger partial charge in [-0.05, 0) is 39.8 Å².